The van der Waals surface area contributed by atoms with E-state index in [9.17, 15) is 19.7 Å². The molecule has 2 aromatic rings. The molecule has 2 aromatic carbocycles. The van der Waals surface area contributed by atoms with Crippen LogP contribution in [0.15, 0.2) is 42.5 Å². The van der Waals surface area contributed by atoms with Crippen LogP contribution in [0, 0.1) is 10.1 Å². The molecular formula is C18H17ClN2O5. The minimum atomic E-state index is -1.07. The number of rotatable bonds is 6. The summed E-state index contributed by atoms with van der Waals surface area (Å²) in [6, 6.07) is 10.7. The molecule has 1 atom stereocenters. The van der Waals surface area contributed by atoms with E-state index < -0.39 is 22.9 Å². The molecule has 0 aliphatic rings. The van der Waals surface area contributed by atoms with E-state index in [4.69, 9.17) is 16.3 Å². The van der Waals surface area contributed by atoms with E-state index in [2.05, 4.69) is 5.32 Å². The predicted molar refractivity (Wildman–Crippen MR) is 97.4 cm³/mol. The Morgan fingerprint density at radius 2 is 1.88 bits per heavy atom. The van der Waals surface area contributed by atoms with Gasteiger partial charge < -0.3 is 10.1 Å². The first kappa shape index (κ1) is 19.4. The Bertz CT molecular complexity index is 836. The molecule has 0 bridgehead atoms. The van der Waals surface area contributed by atoms with Crippen LogP contribution in [-0.4, -0.2) is 22.9 Å². The standard InChI is InChI=1S/C18H17ClN2O5/c1-3-12-4-6-13(7-5-12)20-17(22)11(2)26-18(23)15-9-8-14(21(24)25)10-16(15)19/h4-11H,3H2,1-2H3,(H,20,22). The van der Waals surface area contributed by atoms with Gasteiger partial charge in [-0.1, -0.05) is 30.7 Å². The van der Waals surface area contributed by atoms with E-state index in [1.807, 2.05) is 19.1 Å². The lowest BCUT2D eigenvalue weighted by Crippen LogP contribution is -2.30. The fraction of sp³-hybridized carbons (Fsp3) is 0.222. The number of hydrogen-bond donors (Lipinski definition) is 1. The minimum Gasteiger partial charge on any atom is -0.449 e. The third-order valence-corrected chi connectivity index (χ3v) is 3.98. The molecule has 1 unspecified atom stereocenters. The van der Waals surface area contributed by atoms with Crippen molar-refractivity contribution in [1.29, 1.82) is 0 Å². The van der Waals surface area contributed by atoms with Crippen LogP contribution < -0.4 is 5.32 Å². The van der Waals surface area contributed by atoms with Crippen LogP contribution in [0.4, 0.5) is 11.4 Å². The summed E-state index contributed by atoms with van der Waals surface area (Å²) in [5.74, 6) is -1.34. The zero-order chi connectivity index (χ0) is 19.3. The summed E-state index contributed by atoms with van der Waals surface area (Å²) in [5, 5.41) is 13.2. The van der Waals surface area contributed by atoms with Crippen molar-refractivity contribution in [3.8, 4) is 0 Å². The van der Waals surface area contributed by atoms with E-state index >= 15 is 0 Å². The van der Waals surface area contributed by atoms with Gasteiger partial charge in [-0.05, 0) is 37.1 Å². The molecule has 7 nitrogen and oxygen atoms in total. The third-order valence-electron chi connectivity index (χ3n) is 3.67. The highest BCUT2D eigenvalue weighted by Gasteiger charge is 2.22. The molecule has 1 amide bonds. The number of nitrogens with zero attached hydrogens (tertiary/aromatic N) is 1. The van der Waals surface area contributed by atoms with Gasteiger partial charge >= 0.3 is 5.97 Å². The summed E-state index contributed by atoms with van der Waals surface area (Å²) in [5.41, 5.74) is 1.43. The molecule has 26 heavy (non-hydrogen) atoms. The largest absolute Gasteiger partial charge is 0.449 e. The first-order valence-electron chi connectivity index (χ1n) is 7.86. The van der Waals surface area contributed by atoms with Gasteiger partial charge in [0.1, 0.15) is 0 Å². The minimum absolute atomic E-state index is 0.0517. The summed E-state index contributed by atoms with van der Waals surface area (Å²) in [7, 11) is 0. The second-order valence-electron chi connectivity index (χ2n) is 5.51. The van der Waals surface area contributed by atoms with Crippen molar-refractivity contribution >= 4 is 34.9 Å². The van der Waals surface area contributed by atoms with Gasteiger partial charge in [-0.2, -0.15) is 0 Å². The zero-order valence-electron chi connectivity index (χ0n) is 14.2. The van der Waals surface area contributed by atoms with Gasteiger partial charge in [-0.15, -0.1) is 0 Å². The van der Waals surface area contributed by atoms with Gasteiger partial charge in [0.25, 0.3) is 11.6 Å². The number of halogens is 1. The van der Waals surface area contributed by atoms with Crippen molar-refractivity contribution < 1.29 is 19.2 Å². The van der Waals surface area contributed by atoms with Gasteiger partial charge in [0.2, 0.25) is 0 Å². The summed E-state index contributed by atoms with van der Waals surface area (Å²) in [4.78, 5) is 34.4. The summed E-state index contributed by atoms with van der Waals surface area (Å²) in [6.45, 7) is 3.45. The van der Waals surface area contributed by atoms with Crippen molar-refractivity contribution in [2.45, 2.75) is 26.4 Å². The lowest BCUT2D eigenvalue weighted by atomic mass is 10.1. The number of benzene rings is 2. The number of carbonyl (C=O) groups excluding carboxylic acids is 2. The fourth-order valence-electron chi connectivity index (χ4n) is 2.13. The molecule has 8 heteroatoms. The number of hydrogen-bond acceptors (Lipinski definition) is 5. The van der Waals surface area contributed by atoms with Crippen molar-refractivity contribution in [2.24, 2.45) is 0 Å². The predicted octanol–water partition coefficient (Wildman–Crippen LogP) is 3.99. The van der Waals surface area contributed by atoms with Crippen molar-refractivity contribution in [2.75, 3.05) is 5.32 Å². The quantitative estimate of drug-likeness (QED) is 0.466. The number of nitrogens with one attached hydrogen (secondary N) is 1. The highest BCUT2D eigenvalue weighted by Crippen LogP contribution is 2.23. The maximum absolute atomic E-state index is 12.2. The Balaban J connectivity index is 2.01. The van der Waals surface area contributed by atoms with E-state index in [0.29, 0.717) is 5.69 Å². The van der Waals surface area contributed by atoms with Crippen molar-refractivity contribution in [3.63, 3.8) is 0 Å². The second kappa shape index (κ2) is 8.44. The van der Waals surface area contributed by atoms with Crippen LogP contribution in [-0.2, 0) is 16.0 Å². The molecule has 2 rings (SSSR count). The van der Waals surface area contributed by atoms with Crippen LogP contribution in [0.5, 0.6) is 0 Å². The van der Waals surface area contributed by atoms with Crippen LogP contribution in [0.25, 0.3) is 0 Å². The number of amides is 1. The topological polar surface area (TPSA) is 98.5 Å². The van der Waals surface area contributed by atoms with Crippen LogP contribution in [0.3, 0.4) is 0 Å². The fourth-order valence-corrected chi connectivity index (χ4v) is 2.38. The van der Waals surface area contributed by atoms with Gasteiger partial charge in [0, 0.05) is 17.8 Å². The lowest BCUT2D eigenvalue weighted by molar-refractivity contribution is -0.384. The average Bonchev–Trinajstić information content (AvgIpc) is 2.61. The SMILES string of the molecule is CCc1ccc(NC(=O)C(C)OC(=O)c2ccc([N+](=O)[O-])cc2Cl)cc1. The first-order valence-corrected chi connectivity index (χ1v) is 8.24. The van der Waals surface area contributed by atoms with Crippen LogP contribution in [0.2, 0.25) is 5.02 Å². The Labute approximate surface area is 155 Å². The molecule has 0 saturated heterocycles. The lowest BCUT2D eigenvalue weighted by Gasteiger charge is -2.14. The highest BCUT2D eigenvalue weighted by molar-refractivity contribution is 6.33. The molecule has 0 aliphatic heterocycles. The van der Waals surface area contributed by atoms with Crippen LogP contribution in [0.1, 0.15) is 29.8 Å². The number of aryl methyl sites for hydroxylation is 1. The molecule has 136 valence electrons. The van der Waals surface area contributed by atoms with Crippen LogP contribution >= 0.6 is 11.6 Å². The molecule has 1 N–H and O–H groups in total. The Hall–Kier alpha value is -2.93. The number of non-ortho nitro benzene ring substituents is 1. The molecule has 0 aliphatic carbocycles. The number of nitro groups is 1. The van der Waals surface area contributed by atoms with E-state index in [0.717, 1.165) is 24.1 Å². The molecule has 0 aromatic heterocycles. The van der Waals surface area contributed by atoms with Crippen molar-refractivity contribution in [3.05, 3.63) is 68.7 Å². The molecule has 0 saturated carbocycles. The molecular weight excluding hydrogens is 360 g/mol. The van der Waals surface area contributed by atoms with E-state index in [-0.39, 0.29) is 16.3 Å². The van der Waals surface area contributed by atoms with E-state index in [1.165, 1.54) is 13.0 Å². The summed E-state index contributed by atoms with van der Waals surface area (Å²) >= 11 is 5.88. The zero-order valence-corrected chi connectivity index (χ0v) is 14.9. The average molecular weight is 377 g/mol. The summed E-state index contributed by atoms with van der Waals surface area (Å²) in [6.07, 6.45) is -0.183. The molecule has 0 heterocycles. The van der Waals surface area contributed by atoms with Crippen molar-refractivity contribution in [1.82, 2.24) is 0 Å². The molecule has 0 fully saturated rings. The molecule has 0 spiro atoms. The number of carbonyl (C=O) groups is 2. The maximum Gasteiger partial charge on any atom is 0.340 e. The number of esters is 1. The third kappa shape index (κ3) is 4.80. The van der Waals surface area contributed by atoms with Gasteiger partial charge in [0.15, 0.2) is 6.10 Å². The molecule has 0 radical (unpaired) electrons. The van der Waals surface area contributed by atoms with Gasteiger partial charge in [-0.25, -0.2) is 4.79 Å². The smallest absolute Gasteiger partial charge is 0.340 e. The number of ether oxygens (including phenoxy) is 1. The maximum atomic E-state index is 12.2. The van der Waals surface area contributed by atoms with Gasteiger partial charge in [-0.3, -0.25) is 14.9 Å². The monoisotopic (exact) mass is 376 g/mol. The normalized spacial score (nSPS) is 11.5. The Kier molecular flexibility index (Phi) is 6.30. The number of nitro benzene ring substituents is 1. The Morgan fingerprint density at radius 3 is 2.42 bits per heavy atom. The summed E-state index contributed by atoms with van der Waals surface area (Å²) < 4.78 is 5.09. The Morgan fingerprint density at radius 1 is 1.23 bits per heavy atom. The highest BCUT2D eigenvalue weighted by atomic mass is 35.5. The number of anilines is 1. The first-order chi connectivity index (χ1) is 12.3. The van der Waals surface area contributed by atoms with Gasteiger partial charge in [0.05, 0.1) is 15.5 Å². The van der Waals surface area contributed by atoms with E-state index in [1.54, 1.807) is 12.1 Å². The second-order valence-corrected chi connectivity index (χ2v) is 5.92.